The van der Waals surface area contributed by atoms with Gasteiger partial charge in [-0.1, -0.05) is 18.2 Å². The van der Waals surface area contributed by atoms with Crippen molar-refractivity contribution in [3.8, 4) is 17.0 Å². The summed E-state index contributed by atoms with van der Waals surface area (Å²) in [6, 6.07) is 7.06. The van der Waals surface area contributed by atoms with Crippen LogP contribution in [0.25, 0.3) is 11.1 Å². The quantitative estimate of drug-likeness (QED) is 0.485. The number of nitrogens with zero attached hydrogens (tertiary/aromatic N) is 2. The lowest BCUT2D eigenvalue weighted by Gasteiger charge is -2.09. The Hall–Kier alpha value is -2.49. The van der Waals surface area contributed by atoms with Crippen LogP contribution in [0.1, 0.15) is 10.4 Å². The van der Waals surface area contributed by atoms with Crippen molar-refractivity contribution in [2.24, 2.45) is 0 Å². The molecule has 1 heterocycles. The summed E-state index contributed by atoms with van der Waals surface area (Å²) in [5.74, 6) is -0.827. The second-order valence-corrected chi connectivity index (χ2v) is 5.55. The molecule has 0 amide bonds. The van der Waals surface area contributed by atoms with Crippen LogP contribution in [0.15, 0.2) is 36.5 Å². The molecule has 0 fully saturated rings. The highest BCUT2D eigenvalue weighted by Crippen LogP contribution is 2.28. The molecule has 0 aliphatic heterocycles. The zero-order valence-corrected chi connectivity index (χ0v) is 11.4. The number of alkyl halides is 3. The van der Waals surface area contributed by atoms with Gasteiger partial charge in [0.2, 0.25) is 0 Å². The molecule has 0 aliphatic carbocycles. The molecule has 0 saturated carbocycles. The molecule has 116 valence electrons. The minimum Gasteiger partial charge on any atom is -0.354 e. The summed E-state index contributed by atoms with van der Waals surface area (Å²) in [4.78, 5) is 10.7. The van der Waals surface area contributed by atoms with E-state index in [0.717, 1.165) is 6.07 Å². The average Bonchev–Trinajstić information content (AvgIpc) is 2.46. The van der Waals surface area contributed by atoms with Gasteiger partial charge in [-0.05, 0) is 11.6 Å². The number of hydrogen-bond acceptors (Lipinski definition) is 6. The van der Waals surface area contributed by atoms with Crippen LogP contribution in [0.2, 0.25) is 0 Å². The van der Waals surface area contributed by atoms with E-state index in [1.165, 1.54) is 18.3 Å². The summed E-state index contributed by atoms with van der Waals surface area (Å²) in [6.45, 7) is 0. The Kier molecular flexibility index (Phi) is 4.13. The second kappa shape index (κ2) is 5.72. The molecule has 0 spiro atoms. The molecule has 1 aromatic carbocycles. The highest BCUT2D eigenvalue weighted by molar-refractivity contribution is 7.87. The zero-order valence-electron chi connectivity index (χ0n) is 10.6. The van der Waals surface area contributed by atoms with E-state index in [1.54, 1.807) is 12.1 Å². The normalized spacial score (nSPS) is 12.0. The van der Waals surface area contributed by atoms with Crippen molar-refractivity contribution in [1.82, 2.24) is 10.2 Å². The number of rotatable bonds is 4. The summed E-state index contributed by atoms with van der Waals surface area (Å²) < 4.78 is 62.4. The molecular weight excluding hydrogens is 325 g/mol. The molecule has 10 heteroatoms. The van der Waals surface area contributed by atoms with Crippen molar-refractivity contribution in [1.29, 1.82) is 0 Å². The van der Waals surface area contributed by atoms with E-state index in [0.29, 0.717) is 17.4 Å². The maximum atomic E-state index is 12.2. The fourth-order valence-corrected chi connectivity index (χ4v) is 1.90. The van der Waals surface area contributed by atoms with Gasteiger partial charge in [0.1, 0.15) is 6.29 Å². The Morgan fingerprint density at radius 3 is 2.50 bits per heavy atom. The van der Waals surface area contributed by atoms with E-state index in [-0.39, 0.29) is 5.56 Å². The molecular formula is C12H7F3N2O4S. The lowest BCUT2D eigenvalue weighted by molar-refractivity contribution is -0.0501. The highest BCUT2D eigenvalue weighted by atomic mass is 32.2. The monoisotopic (exact) mass is 332 g/mol. The van der Waals surface area contributed by atoms with E-state index in [2.05, 4.69) is 14.4 Å². The number of aromatic nitrogens is 2. The first-order chi connectivity index (χ1) is 10.2. The van der Waals surface area contributed by atoms with Crippen LogP contribution in [0.3, 0.4) is 0 Å². The summed E-state index contributed by atoms with van der Waals surface area (Å²) in [6.07, 6.45) is 1.78. The zero-order chi connectivity index (χ0) is 16.4. The van der Waals surface area contributed by atoms with Crippen LogP contribution in [-0.4, -0.2) is 30.4 Å². The lowest BCUT2D eigenvalue weighted by atomic mass is 10.1. The van der Waals surface area contributed by atoms with Gasteiger partial charge in [0.25, 0.3) is 5.88 Å². The van der Waals surface area contributed by atoms with Crippen molar-refractivity contribution in [3.05, 3.63) is 42.1 Å². The average molecular weight is 332 g/mol. The Morgan fingerprint density at radius 2 is 1.86 bits per heavy atom. The van der Waals surface area contributed by atoms with E-state index in [4.69, 9.17) is 0 Å². The molecule has 0 atom stereocenters. The molecule has 0 saturated heterocycles. The third-order valence-corrected chi connectivity index (χ3v) is 3.42. The summed E-state index contributed by atoms with van der Waals surface area (Å²) in [5.41, 5.74) is -4.55. The van der Waals surface area contributed by atoms with E-state index >= 15 is 0 Å². The predicted molar refractivity (Wildman–Crippen MR) is 68.5 cm³/mol. The van der Waals surface area contributed by atoms with Gasteiger partial charge in [-0.15, -0.1) is 5.10 Å². The first-order valence-corrected chi connectivity index (χ1v) is 7.03. The number of halogens is 3. The maximum Gasteiger partial charge on any atom is 0.534 e. The third kappa shape index (κ3) is 3.39. The molecule has 0 unspecified atom stereocenters. The van der Waals surface area contributed by atoms with Gasteiger partial charge in [0.05, 0.1) is 6.20 Å². The van der Waals surface area contributed by atoms with Crippen molar-refractivity contribution in [2.75, 3.05) is 0 Å². The minimum absolute atomic E-state index is 0.242. The predicted octanol–water partition coefficient (Wildman–Crippen LogP) is 2.18. The Morgan fingerprint density at radius 1 is 1.14 bits per heavy atom. The minimum atomic E-state index is -5.82. The van der Waals surface area contributed by atoms with Crippen molar-refractivity contribution < 1.29 is 30.6 Å². The van der Waals surface area contributed by atoms with Gasteiger partial charge in [0, 0.05) is 17.2 Å². The molecule has 0 radical (unpaired) electrons. The number of aldehydes is 1. The largest absolute Gasteiger partial charge is 0.534 e. The topological polar surface area (TPSA) is 86.2 Å². The van der Waals surface area contributed by atoms with Crippen molar-refractivity contribution in [2.45, 2.75) is 5.51 Å². The molecule has 2 aromatic rings. The third-order valence-electron chi connectivity index (χ3n) is 2.47. The first kappa shape index (κ1) is 15.9. The van der Waals surface area contributed by atoms with E-state index in [9.17, 15) is 26.4 Å². The molecule has 6 nitrogen and oxygen atoms in total. The standard InChI is InChI=1S/C12H7F3N2O4S/c13-12(14,15)22(19,20)21-11-5-10(6-16-17-11)9-3-1-2-8(4-9)7-18/h1-7H. The Labute approximate surface area is 122 Å². The Bertz CT molecular complexity index is 806. The SMILES string of the molecule is O=Cc1cccc(-c2cnnc(OS(=O)(=O)C(F)(F)F)c2)c1. The molecule has 22 heavy (non-hydrogen) atoms. The summed E-state index contributed by atoms with van der Waals surface area (Å²) in [5, 5.41) is 6.57. The van der Waals surface area contributed by atoms with Crippen molar-refractivity contribution >= 4 is 16.4 Å². The van der Waals surface area contributed by atoms with Crippen molar-refractivity contribution in [3.63, 3.8) is 0 Å². The fourth-order valence-electron chi connectivity index (χ4n) is 1.50. The number of carbonyl (C=O) groups is 1. The fraction of sp³-hybridized carbons (Fsp3) is 0.0833. The molecule has 0 N–H and O–H groups in total. The Balaban J connectivity index is 2.37. The van der Waals surface area contributed by atoms with Gasteiger partial charge in [-0.3, -0.25) is 4.79 Å². The summed E-state index contributed by atoms with van der Waals surface area (Å²) in [7, 11) is -5.82. The number of hydrogen-bond donors (Lipinski definition) is 0. The molecule has 0 bridgehead atoms. The van der Waals surface area contributed by atoms with Gasteiger partial charge in [-0.2, -0.15) is 26.7 Å². The highest BCUT2D eigenvalue weighted by Gasteiger charge is 2.48. The van der Waals surface area contributed by atoms with E-state index in [1.807, 2.05) is 0 Å². The van der Waals surface area contributed by atoms with Crippen LogP contribution in [0, 0.1) is 0 Å². The van der Waals surface area contributed by atoms with Gasteiger partial charge in [-0.25, -0.2) is 0 Å². The maximum absolute atomic E-state index is 12.2. The van der Waals surface area contributed by atoms with Crippen LogP contribution >= 0.6 is 0 Å². The number of benzene rings is 1. The molecule has 2 rings (SSSR count). The van der Waals surface area contributed by atoms with Gasteiger partial charge >= 0.3 is 15.6 Å². The lowest BCUT2D eigenvalue weighted by Crippen LogP contribution is -2.28. The number of carbonyl (C=O) groups excluding carboxylic acids is 1. The van der Waals surface area contributed by atoms with Gasteiger partial charge < -0.3 is 4.18 Å². The van der Waals surface area contributed by atoms with E-state index < -0.39 is 21.5 Å². The smallest absolute Gasteiger partial charge is 0.354 e. The molecule has 1 aromatic heterocycles. The van der Waals surface area contributed by atoms with Crippen LogP contribution < -0.4 is 4.18 Å². The second-order valence-electron chi connectivity index (χ2n) is 4.01. The van der Waals surface area contributed by atoms with Crippen LogP contribution in [0.4, 0.5) is 13.2 Å². The van der Waals surface area contributed by atoms with Gasteiger partial charge in [0.15, 0.2) is 0 Å². The van der Waals surface area contributed by atoms with Crippen LogP contribution in [0.5, 0.6) is 5.88 Å². The first-order valence-electron chi connectivity index (χ1n) is 5.62. The molecule has 0 aliphatic rings. The summed E-state index contributed by atoms with van der Waals surface area (Å²) >= 11 is 0. The van der Waals surface area contributed by atoms with Crippen LogP contribution in [-0.2, 0) is 10.1 Å².